The first-order valence-electron chi connectivity index (χ1n) is 8.30. The third-order valence-corrected chi connectivity index (χ3v) is 4.33. The average Bonchev–Trinajstić information content (AvgIpc) is 3.23. The van der Waals surface area contributed by atoms with Gasteiger partial charge in [0.15, 0.2) is 5.65 Å². The summed E-state index contributed by atoms with van der Waals surface area (Å²) in [5.74, 6) is -1.42. The van der Waals surface area contributed by atoms with Gasteiger partial charge in [-0.1, -0.05) is 18.2 Å². The SMILES string of the molecule is Cn1nc(CCNC(=O)c2cnn3cc(C(=O)O)cnc23)c2ccccc21. The van der Waals surface area contributed by atoms with Crippen molar-refractivity contribution in [1.82, 2.24) is 29.7 Å². The minimum atomic E-state index is -1.10. The van der Waals surface area contributed by atoms with Crippen LogP contribution in [0, 0.1) is 0 Å². The molecule has 3 aromatic heterocycles. The normalized spacial score (nSPS) is 11.1. The predicted molar refractivity (Wildman–Crippen MR) is 96.7 cm³/mol. The number of carbonyl (C=O) groups excluding carboxylic acids is 1. The van der Waals surface area contributed by atoms with E-state index in [1.54, 1.807) is 0 Å². The minimum Gasteiger partial charge on any atom is -0.478 e. The maximum Gasteiger partial charge on any atom is 0.338 e. The number of carbonyl (C=O) groups is 2. The second-order valence-corrected chi connectivity index (χ2v) is 6.07. The molecule has 136 valence electrons. The Hall–Kier alpha value is -3.75. The van der Waals surface area contributed by atoms with Crippen molar-refractivity contribution in [3.63, 3.8) is 0 Å². The summed E-state index contributed by atoms with van der Waals surface area (Å²) >= 11 is 0. The van der Waals surface area contributed by atoms with E-state index in [1.807, 2.05) is 36.0 Å². The highest BCUT2D eigenvalue weighted by atomic mass is 16.4. The van der Waals surface area contributed by atoms with Gasteiger partial charge in [-0.2, -0.15) is 10.2 Å². The molecule has 0 atom stereocenters. The van der Waals surface area contributed by atoms with Gasteiger partial charge in [-0.25, -0.2) is 14.3 Å². The highest BCUT2D eigenvalue weighted by Gasteiger charge is 2.16. The second kappa shape index (κ2) is 6.52. The maximum absolute atomic E-state index is 12.5. The van der Waals surface area contributed by atoms with Crippen LogP contribution in [0.4, 0.5) is 0 Å². The van der Waals surface area contributed by atoms with Crippen molar-refractivity contribution in [2.75, 3.05) is 6.54 Å². The Morgan fingerprint density at radius 2 is 2.04 bits per heavy atom. The molecule has 0 aliphatic carbocycles. The van der Waals surface area contributed by atoms with E-state index in [1.165, 1.54) is 23.1 Å². The zero-order valence-electron chi connectivity index (χ0n) is 14.5. The number of carboxylic acid groups (broad SMARTS) is 1. The topological polar surface area (TPSA) is 114 Å². The fourth-order valence-electron chi connectivity index (χ4n) is 3.01. The minimum absolute atomic E-state index is 0.000381. The molecule has 0 aliphatic rings. The number of carboxylic acids is 1. The Morgan fingerprint density at radius 1 is 1.22 bits per heavy atom. The molecule has 9 heteroatoms. The molecule has 0 radical (unpaired) electrons. The van der Waals surface area contributed by atoms with Gasteiger partial charge in [0, 0.05) is 37.8 Å². The van der Waals surface area contributed by atoms with Crippen molar-refractivity contribution < 1.29 is 14.7 Å². The number of amides is 1. The molecule has 0 spiro atoms. The van der Waals surface area contributed by atoms with Gasteiger partial charge < -0.3 is 10.4 Å². The zero-order chi connectivity index (χ0) is 19.0. The van der Waals surface area contributed by atoms with Crippen molar-refractivity contribution in [2.45, 2.75) is 6.42 Å². The van der Waals surface area contributed by atoms with Crippen LogP contribution in [-0.4, -0.2) is 47.9 Å². The summed E-state index contributed by atoms with van der Waals surface area (Å²) in [5, 5.41) is 21.4. The molecule has 2 N–H and O–H groups in total. The standard InChI is InChI=1S/C18H16N6O3/c1-23-15-5-3-2-4-12(15)14(22-23)6-7-19-17(25)13-9-21-24-10-11(18(26)27)8-20-16(13)24/h2-5,8-10H,6-7H2,1H3,(H,19,25)(H,26,27). The van der Waals surface area contributed by atoms with Gasteiger partial charge in [-0.05, 0) is 6.07 Å². The van der Waals surface area contributed by atoms with Gasteiger partial charge in [0.1, 0.15) is 5.56 Å². The van der Waals surface area contributed by atoms with E-state index in [0.717, 1.165) is 16.6 Å². The summed E-state index contributed by atoms with van der Waals surface area (Å²) in [7, 11) is 1.89. The molecule has 0 fully saturated rings. The van der Waals surface area contributed by atoms with Crippen LogP contribution in [-0.2, 0) is 13.5 Å². The van der Waals surface area contributed by atoms with Crippen LogP contribution in [0.25, 0.3) is 16.6 Å². The van der Waals surface area contributed by atoms with Crippen LogP contribution >= 0.6 is 0 Å². The number of para-hydroxylation sites is 1. The summed E-state index contributed by atoms with van der Waals surface area (Å²) in [6, 6.07) is 7.93. The summed E-state index contributed by atoms with van der Waals surface area (Å²) in [6.45, 7) is 0.407. The molecule has 3 heterocycles. The molecular weight excluding hydrogens is 348 g/mol. The number of benzene rings is 1. The first-order chi connectivity index (χ1) is 13.0. The van der Waals surface area contributed by atoms with Crippen LogP contribution in [0.15, 0.2) is 42.9 Å². The molecule has 0 aliphatic heterocycles. The monoisotopic (exact) mass is 364 g/mol. The highest BCUT2D eigenvalue weighted by molar-refractivity contribution is 5.99. The Morgan fingerprint density at radius 3 is 2.85 bits per heavy atom. The van der Waals surface area contributed by atoms with E-state index in [-0.39, 0.29) is 17.0 Å². The first-order valence-corrected chi connectivity index (χ1v) is 8.30. The van der Waals surface area contributed by atoms with Crippen LogP contribution in [0.3, 0.4) is 0 Å². The Balaban J connectivity index is 1.48. The van der Waals surface area contributed by atoms with Crippen molar-refractivity contribution in [3.8, 4) is 0 Å². The first kappa shape index (κ1) is 16.7. The highest BCUT2D eigenvalue weighted by Crippen LogP contribution is 2.17. The molecule has 0 bridgehead atoms. The number of aromatic carboxylic acids is 1. The number of hydrogen-bond acceptors (Lipinski definition) is 5. The van der Waals surface area contributed by atoms with E-state index in [0.29, 0.717) is 18.6 Å². The molecule has 9 nitrogen and oxygen atoms in total. The van der Waals surface area contributed by atoms with Crippen LogP contribution in [0.5, 0.6) is 0 Å². The number of rotatable bonds is 5. The van der Waals surface area contributed by atoms with Crippen molar-refractivity contribution in [2.24, 2.45) is 7.05 Å². The van der Waals surface area contributed by atoms with Gasteiger partial charge in [-0.15, -0.1) is 0 Å². The zero-order valence-corrected chi connectivity index (χ0v) is 14.5. The van der Waals surface area contributed by atoms with Crippen molar-refractivity contribution in [1.29, 1.82) is 0 Å². The molecule has 1 aromatic carbocycles. The number of aromatic nitrogens is 5. The Bertz CT molecular complexity index is 1180. The fraction of sp³-hybridized carbons (Fsp3) is 0.167. The number of nitrogens with one attached hydrogen (secondary N) is 1. The molecule has 0 unspecified atom stereocenters. The third-order valence-electron chi connectivity index (χ3n) is 4.33. The smallest absolute Gasteiger partial charge is 0.338 e. The lowest BCUT2D eigenvalue weighted by molar-refractivity contribution is 0.0695. The molecule has 0 saturated heterocycles. The number of fused-ring (bicyclic) bond motifs is 2. The maximum atomic E-state index is 12.5. The Labute approximate surface area is 153 Å². The van der Waals surface area contributed by atoms with Gasteiger partial charge in [0.05, 0.1) is 23.0 Å². The quantitative estimate of drug-likeness (QED) is 0.551. The van der Waals surface area contributed by atoms with Gasteiger partial charge in [-0.3, -0.25) is 9.48 Å². The molecule has 4 aromatic rings. The predicted octanol–water partition coefficient (Wildman–Crippen LogP) is 1.29. The number of hydrogen-bond donors (Lipinski definition) is 2. The van der Waals surface area contributed by atoms with E-state index in [4.69, 9.17) is 5.11 Å². The van der Waals surface area contributed by atoms with E-state index < -0.39 is 5.97 Å². The van der Waals surface area contributed by atoms with Gasteiger partial charge in [0.25, 0.3) is 5.91 Å². The fourth-order valence-corrected chi connectivity index (χ4v) is 3.01. The van der Waals surface area contributed by atoms with Crippen molar-refractivity contribution >= 4 is 28.4 Å². The van der Waals surface area contributed by atoms with Crippen LogP contribution in [0.1, 0.15) is 26.4 Å². The lowest BCUT2D eigenvalue weighted by Gasteiger charge is -2.03. The largest absolute Gasteiger partial charge is 0.478 e. The molecular formula is C18H16N6O3. The molecule has 1 amide bonds. The summed E-state index contributed by atoms with van der Waals surface area (Å²) in [4.78, 5) is 27.5. The summed E-state index contributed by atoms with van der Waals surface area (Å²) in [6.07, 6.45) is 4.49. The van der Waals surface area contributed by atoms with Crippen molar-refractivity contribution in [3.05, 3.63) is 59.7 Å². The second-order valence-electron chi connectivity index (χ2n) is 6.07. The van der Waals surface area contributed by atoms with E-state index in [2.05, 4.69) is 20.5 Å². The summed E-state index contributed by atoms with van der Waals surface area (Å²) in [5.41, 5.74) is 2.55. The Kier molecular flexibility index (Phi) is 4.03. The van der Waals surface area contributed by atoms with Crippen LogP contribution < -0.4 is 5.32 Å². The molecule has 0 saturated carbocycles. The molecule has 4 rings (SSSR count). The number of nitrogens with zero attached hydrogens (tertiary/aromatic N) is 5. The van der Waals surface area contributed by atoms with E-state index in [9.17, 15) is 9.59 Å². The number of aryl methyl sites for hydroxylation is 1. The van der Waals surface area contributed by atoms with Gasteiger partial charge in [0.2, 0.25) is 0 Å². The van der Waals surface area contributed by atoms with Gasteiger partial charge >= 0.3 is 5.97 Å². The van der Waals surface area contributed by atoms with Crippen LogP contribution in [0.2, 0.25) is 0 Å². The summed E-state index contributed by atoms with van der Waals surface area (Å²) < 4.78 is 3.10. The lowest BCUT2D eigenvalue weighted by Crippen LogP contribution is -2.26. The average molecular weight is 364 g/mol. The van der Waals surface area contributed by atoms with E-state index >= 15 is 0 Å². The lowest BCUT2D eigenvalue weighted by atomic mass is 10.1. The third kappa shape index (κ3) is 2.99. The molecule has 27 heavy (non-hydrogen) atoms.